The van der Waals surface area contributed by atoms with Gasteiger partial charge >= 0.3 is 0 Å². The van der Waals surface area contributed by atoms with E-state index in [0.29, 0.717) is 12.4 Å². The standard InChI is InChI=1S/C22H27N5O/c1-4-24-22(25-12-10-18-9-11-23-13-17(18)3)26-14-20-15-28-21(27-20)19-7-5-16(2)6-8-19/h5-9,11,13,15H,4,10,12,14H2,1-3H3,(H2,24,25,26). The van der Waals surface area contributed by atoms with E-state index in [1.54, 1.807) is 6.26 Å². The largest absolute Gasteiger partial charge is 0.444 e. The van der Waals surface area contributed by atoms with Crippen molar-refractivity contribution >= 4 is 5.96 Å². The van der Waals surface area contributed by atoms with Crippen molar-refractivity contribution in [1.82, 2.24) is 20.6 Å². The van der Waals surface area contributed by atoms with Crippen LogP contribution in [0.2, 0.25) is 0 Å². The number of nitrogens with one attached hydrogen (secondary N) is 2. The Morgan fingerprint density at radius 2 is 1.93 bits per heavy atom. The lowest BCUT2D eigenvalue weighted by Gasteiger charge is -2.11. The zero-order valence-electron chi connectivity index (χ0n) is 16.7. The lowest BCUT2D eigenvalue weighted by molar-refractivity contribution is 0.572. The van der Waals surface area contributed by atoms with Gasteiger partial charge in [0.2, 0.25) is 5.89 Å². The van der Waals surface area contributed by atoms with Crippen molar-refractivity contribution in [3.05, 3.63) is 71.4 Å². The molecule has 6 nitrogen and oxygen atoms in total. The number of pyridine rings is 1. The number of aryl methyl sites for hydroxylation is 2. The van der Waals surface area contributed by atoms with Crippen LogP contribution in [-0.4, -0.2) is 29.0 Å². The van der Waals surface area contributed by atoms with Crippen LogP contribution in [0.15, 0.2) is 58.4 Å². The van der Waals surface area contributed by atoms with Crippen molar-refractivity contribution in [2.75, 3.05) is 13.1 Å². The average molecular weight is 377 g/mol. The van der Waals surface area contributed by atoms with E-state index in [0.717, 1.165) is 36.7 Å². The summed E-state index contributed by atoms with van der Waals surface area (Å²) in [6, 6.07) is 10.2. The van der Waals surface area contributed by atoms with E-state index in [4.69, 9.17) is 4.42 Å². The van der Waals surface area contributed by atoms with Gasteiger partial charge in [0.1, 0.15) is 12.0 Å². The fraction of sp³-hybridized carbons (Fsp3) is 0.318. The Morgan fingerprint density at radius 1 is 1.11 bits per heavy atom. The number of hydrogen-bond acceptors (Lipinski definition) is 4. The molecule has 0 aliphatic rings. The molecule has 0 aliphatic carbocycles. The van der Waals surface area contributed by atoms with Crippen LogP contribution >= 0.6 is 0 Å². The Hall–Kier alpha value is -3.15. The predicted octanol–water partition coefficient (Wildman–Crippen LogP) is 3.65. The minimum absolute atomic E-state index is 0.457. The number of guanidine groups is 1. The zero-order chi connectivity index (χ0) is 19.8. The van der Waals surface area contributed by atoms with Gasteiger partial charge in [-0.3, -0.25) is 4.98 Å². The molecule has 6 heteroatoms. The molecule has 3 rings (SSSR count). The SMILES string of the molecule is CCNC(=NCc1coc(-c2ccc(C)cc2)n1)NCCc1ccncc1C. The first kappa shape index (κ1) is 19.6. The molecule has 0 bridgehead atoms. The van der Waals surface area contributed by atoms with Gasteiger partial charge in [-0.2, -0.15) is 0 Å². The van der Waals surface area contributed by atoms with Gasteiger partial charge in [-0.1, -0.05) is 17.7 Å². The molecule has 0 radical (unpaired) electrons. The molecule has 0 saturated carbocycles. The normalized spacial score (nSPS) is 11.5. The Bertz CT molecular complexity index is 915. The van der Waals surface area contributed by atoms with Gasteiger partial charge < -0.3 is 15.1 Å². The number of aromatic nitrogens is 2. The molecule has 2 aromatic heterocycles. The topological polar surface area (TPSA) is 75.3 Å². The minimum Gasteiger partial charge on any atom is -0.444 e. The fourth-order valence-electron chi connectivity index (χ4n) is 2.81. The van der Waals surface area contributed by atoms with Gasteiger partial charge in [0.15, 0.2) is 5.96 Å². The summed E-state index contributed by atoms with van der Waals surface area (Å²) in [6.07, 6.45) is 6.31. The van der Waals surface area contributed by atoms with E-state index in [-0.39, 0.29) is 0 Å². The fourth-order valence-corrected chi connectivity index (χ4v) is 2.81. The molecule has 0 saturated heterocycles. The Kier molecular flexibility index (Phi) is 6.78. The second kappa shape index (κ2) is 9.69. The van der Waals surface area contributed by atoms with E-state index in [9.17, 15) is 0 Å². The van der Waals surface area contributed by atoms with Gasteiger partial charge in [-0.25, -0.2) is 9.98 Å². The molecule has 2 heterocycles. The quantitative estimate of drug-likeness (QED) is 0.486. The highest BCUT2D eigenvalue weighted by Gasteiger charge is 2.07. The van der Waals surface area contributed by atoms with Crippen molar-refractivity contribution in [3.63, 3.8) is 0 Å². The second-order valence-electron chi connectivity index (χ2n) is 6.68. The molecular weight excluding hydrogens is 350 g/mol. The van der Waals surface area contributed by atoms with E-state index in [1.807, 2.05) is 24.5 Å². The van der Waals surface area contributed by atoms with Gasteiger partial charge in [0, 0.05) is 31.0 Å². The minimum atomic E-state index is 0.457. The van der Waals surface area contributed by atoms with Crippen LogP contribution in [0.1, 0.15) is 29.3 Å². The molecule has 0 amide bonds. The first-order valence-electron chi connectivity index (χ1n) is 9.59. The molecule has 0 spiro atoms. The van der Waals surface area contributed by atoms with Crippen molar-refractivity contribution in [1.29, 1.82) is 0 Å². The highest BCUT2D eigenvalue weighted by atomic mass is 16.3. The molecule has 0 fully saturated rings. The van der Waals surface area contributed by atoms with Crippen LogP contribution in [0.5, 0.6) is 0 Å². The third-order valence-corrected chi connectivity index (χ3v) is 4.42. The van der Waals surface area contributed by atoms with Crippen LogP contribution in [0.25, 0.3) is 11.5 Å². The number of rotatable bonds is 7. The van der Waals surface area contributed by atoms with E-state index < -0.39 is 0 Å². The van der Waals surface area contributed by atoms with Crippen molar-refractivity contribution in [2.24, 2.45) is 4.99 Å². The maximum Gasteiger partial charge on any atom is 0.226 e. The first-order chi connectivity index (χ1) is 13.7. The maximum absolute atomic E-state index is 5.61. The Labute approximate surface area is 166 Å². The van der Waals surface area contributed by atoms with Crippen LogP contribution in [0, 0.1) is 13.8 Å². The summed E-state index contributed by atoms with van der Waals surface area (Å²) in [5, 5.41) is 6.64. The smallest absolute Gasteiger partial charge is 0.226 e. The summed E-state index contributed by atoms with van der Waals surface area (Å²) in [6.45, 7) is 8.25. The van der Waals surface area contributed by atoms with Crippen LogP contribution in [0.4, 0.5) is 0 Å². The molecule has 146 valence electrons. The Balaban J connectivity index is 1.58. The van der Waals surface area contributed by atoms with Gasteiger partial charge in [-0.15, -0.1) is 0 Å². The summed E-state index contributed by atoms with van der Waals surface area (Å²) < 4.78 is 5.61. The first-order valence-corrected chi connectivity index (χ1v) is 9.59. The third kappa shape index (κ3) is 5.42. The van der Waals surface area contributed by atoms with E-state index >= 15 is 0 Å². The molecule has 28 heavy (non-hydrogen) atoms. The molecule has 3 aromatic rings. The molecule has 0 unspecified atom stereocenters. The highest BCUT2D eigenvalue weighted by molar-refractivity contribution is 5.79. The van der Waals surface area contributed by atoms with Crippen molar-refractivity contribution in [2.45, 2.75) is 33.7 Å². The van der Waals surface area contributed by atoms with Crippen molar-refractivity contribution < 1.29 is 4.42 Å². The van der Waals surface area contributed by atoms with Gasteiger partial charge in [-0.05, 0) is 56.5 Å². The summed E-state index contributed by atoms with van der Waals surface area (Å²) in [7, 11) is 0. The summed E-state index contributed by atoms with van der Waals surface area (Å²) in [4.78, 5) is 13.3. The van der Waals surface area contributed by atoms with Crippen molar-refractivity contribution in [3.8, 4) is 11.5 Å². The molecule has 2 N–H and O–H groups in total. The number of oxazole rings is 1. The monoisotopic (exact) mass is 377 g/mol. The Morgan fingerprint density at radius 3 is 2.68 bits per heavy atom. The molecule has 0 atom stereocenters. The van der Waals surface area contributed by atoms with E-state index in [2.05, 4.69) is 64.6 Å². The number of nitrogens with zero attached hydrogens (tertiary/aromatic N) is 3. The van der Waals surface area contributed by atoms with Crippen LogP contribution in [0.3, 0.4) is 0 Å². The average Bonchev–Trinajstić information content (AvgIpc) is 3.17. The number of hydrogen-bond donors (Lipinski definition) is 2. The predicted molar refractivity (Wildman–Crippen MR) is 112 cm³/mol. The third-order valence-electron chi connectivity index (χ3n) is 4.42. The highest BCUT2D eigenvalue weighted by Crippen LogP contribution is 2.19. The number of benzene rings is 1. The molecular formula is C22H27N5O. The summed E-state index contributed by atoms with van der Waals surface area (Å²) >= 11 is 0. The molecule has 1 aromatic carbocycles. The van der Waals surface area contributed by atoms with Gasteiger partial charge in [0.05, 0.1) is 6.54 Å². The summed E-state index contributed by atoms with van der Waals surface area (Å²) in [5.74, 6) is 1.39. The number of aliphatic imine (C=N–C) groups is 1. The van der Waals surface area contributed by atoms with E-state index in [1.165, 1.54) is 16.7 Å². The lowest BCUT2D eigenvalue weighted by atomic mass is 10.1. The lowest BCUT2D eigenvalue weighted by Crippen LogP contribution is -2.38. The zero-order valence-corrected chi connectivity index (χ0v) is 16.7. The second-order valence-corrected chi connectivity index (χ2v) is 6.68. The maximum atomic E-state index is 5.61. The van der Waals surface area contributed by atoms with Gasteiger partial charge in [0.25, 0.3) is 0 Å². The molecule has 0 aliphatic heterocycles. The van der Waals surface area contributed by atoms with Crippen LogP contribution in [-0.2, 0) is 13.0 Å². The van der Waals surface area contributed by atoms with Crippen LogP contribution < -0.4 is 10.6 Å². The summed E-state index contributed by atoms with van der Waals surface area (Å²) in [5.41, 5.74) is 5.48.